The Labute approximate surface area is 120 Å². The smallest absolute Gasteiger partial charge is 0.257 e. The Morgan fingerprint density at radius 3 is 2.70 bits per heavy atom. The fourth-order valence-corrected chi connectivity index (χ4v) is 2.62. The van der Waals surface area contributed by atoms with Crippen molar-refractivity contribution in [3.63, 3.8) is 0 Å². The van der Waals surface area contributed by atoms with E-state index < -0.39 is 0 Å². The maximum Gasteiger partial charge on any atom is 0.257 e. The van der Waals surface area contributed by atoms with Crippen LogP contribution in [0.5, 0.6) is 0 Å². The van der Waals surface area contributed by atoms with Gasteiger partial charge in [0.15, 0.2) is 0 Å². The van der Waals surface area contributed by atoms with E-state index in [1.54, 1.807) is 12.3 Å². The molecule has 1 unspecified atom stereocenters. The molecule has 0 bridgehead atoms. The van der Waals surface area contributed by atoms with Gasteiger partial charge in [0.2, 0.25) is 0 Å². The molecular weight excluding hydrogens is 254 g/mol. The highest BCUT2D eigenvalue weighted by Crippen LogP contribution is 2.15. The van der Waals surface area contributed by atoms with E-state index in [4.69, 9.17) is 10.2 Å². The Bertz CT molecular complexity index is 436. The summed E-state index contributed by atoms with van der Waals surface area (Å²) in [6.45, 7) is 9.32. The maximum atomic E-state index is 12.5. The predicted molar refractivity (Wildman–Crippen MR) is 78.6 cm³/mol. The van der Waals surface area contributed by atoms with Crippen molar-refractivity contribution in [2.75, 3.05) is 39.3 Å². The summed E-state index contributed by atoms with van der Waals surface area (Å²) in [5.41, 5.74) is 6.38. The third kappa shape index (κ3) is 3.41. The van der Waals surface area contributed by atoms with Crippen LogP contribution in [0.25, 0.3) is 0 Å². The number of amides is 1. The molecule has 5 heteroatoms. The van der Waals surface area contributed by atoms with Crippen LogP contribution in [0.15, 0.2) is 16.7 Å². The molecule has 1 amide bonds. The van der Waals surface area contributed by atoms with Gasteiger partial charge in [0.05, 0.1) is 11.8 Å². The second-order valence-electron chi connectivity index (χ2n) is 5.54. The van der Waals surface area contributed by atoms with Crippen LogP contribution >= 0.6 is 0 Å². The molecule has 2 heterocycles. The van der Waals surface area contributed by atoms with Gasteiger partial charge in [0, 0.05) is 39.1 Å². The van der Waals surface area contributed by atoms with E-state index in [2.05, 4.69) is 11.8 Å². The number of hydrogen-bond donors (Lipinski definition) is 1. The van der Waals surface area contributed by atoms with Crippen LogP contribution in [0.1, 0.15) is 30.0 Å². The van der Waals surface area contributed by atoms with Crippen molar-refractivity contribution < 1.29 is 9.21 Å². The molecule has 1 aliphatic rings. The van der Waals surface area contributed by atoms with Crippen LogP contribution in [0.3, 0.4) is 0 Å². The molecule has 0 saturated carbocycles. The summed E-state index contributed by atoms with van der Waals surface area (Å²) in [6.07, 6.45) is 2.35. The largest absolute Gasteiger partial charge is 0.469 e. The molecule has 1 aromatic heterocycles. The molecule has 20 heavy (non-hydrogen) atoms. The first-order valence-electron chi connectivity index (χ1n) is 7.43. The van der Waals surface area contributed by atoms with Gasteiger partial charge in [-0.25, -0.2) is 0 Å². The van der Waals surface area contributed by atoms with Crippen LogP contribution in [0.4, 0.5) is 0 Å². The van der Waals surface area contributed by atoms with E-state index in [0.717, 1.165) is 50.5 Å². The van der Waals surface area contributed by atoms with Gasteiger partial charge in [-0.05, 0) is 18.5 Å². The fourth-order valence-electron chi connectivity index (χ4n) is 2.62. The summed E-state index contributed by atoms with van der Waals surface area (Å²) >= 11 is 0. The Morgan fingerprint density at radius 1 is 1.40 bits per heavy atom. The lowest BCUT2D eigenvalue weighted by molar-refractivity contribution is 0.0620. The lowest BCUT2D eigenvalue weighted by Crippen LogP contribution is -2.50. The molecule has 1 aliphatic heterocycles. The van der Waals surface area contributed by atoms with Crippen LogP contribution in [-0.2, 0) is 6.42 Å². The van der Waals surface area contributed by atoms with Gasteiger partial charge < -0.3 is 15.1 Å². The summed E-state index contributed by atoms with van der Waals surface area (Å²) in [5, 5.41) is 0. The monoisotopic (exact) mass is 279 g/mol. The minimum Gasteiger partial charge on any atom is -0.469 e. The zero-order valence-corrected chi connectivity index (χ0v) is 12.5. The third-order valence-electron chi connectivity index (χ3n) is 3.93. The molecule has 1 saturated heterocycles. The highest BCUT2D eigenvalue weighted by molar-refractivity contribution is 5.95. The second-order valence-corrected chi connectivity index (χ2v) is 5.54. The zero-order valence-electron chi connectivity index (χ0n) is 12.5. The number of rotatable bonds is 5. The van der Waals surface area contributed by atoms with Gasteiger partial charge in [0.1, 0.15) is 5.76 Å². The summed E-state index contributed by atoms with van der Waals surface area (Å²) in [7, 11) is 0. The molecule has 1 fully saturated rings. The number of nitrogens with zero attached hydrogens (tertiary/aromatic N) is 2. The molecule has 0 radical (unpaired) electrons. The van der Waals surface area contributed by atoms with E-state index >= 15 is 0 Å². The SMILES string of the molecule is CCc1occc1C(=O)N1CCN(CC(C)CN)CC1. The quantitative estimate of drug-likeness (QED) is 0.879. The lowest BCUT2D eigenvalue weighted by atomic mass is 10.1. The minimum atomic E-state index is 0.0992. The van der Waals surface area contributed by atoms with Gasteiger partial charge in [-0.3, -0.25) is 9.69 Å². The molecule has 0 spiro atoms. The van der Waals surface area contributed by atoms with Gasteiger partial charge in [0.25, 0.3) is 5.91 Å². The summed E-state index contributed by atoms with van der Waals surface area (Å²) in [6, 6.07) is 1.78. The first-order chi connectivity index (χ1) is 9.65. The van der Waals surface area contributed by atoms with Crippen molar-refractivity contribution in [3.8, 4) is 0 Å². The fraction of sp³-hybridized carbons (Fsp3) is 0.667. The molecule has 1 aromatic rings. The standard InChI is InChI=1S/C15H25N3O2/c1-3-14-13(4-9-20-14)15(19)18-7-5-17(6-8-18)11-12(2)10-16/h4,9,12H,3,5-8,10-11,16H2,1-2H3. The topological polar surface area (TPSA) is 62.7 Å². The summed E-state index contributed by atoms with van der Waals surface area (Å²) < 4.78 is 5.34. The van der Waals surface area contributed by atoms with Crippen molar-refractivity contribution in [1.82, 2.24) is 9.80 Å². The van der Waals surface area contributed by atoms with E-state index in [9.17, 15) is 4.79 Å². The number of carbonyl (C=O) groups is 1. The lowest BCUT2D eigenvalue weighted by Gasteiger charge is -2.35. The Balaban J connectivity index is 1.89. The molecule has 1 atom stereocenters. The maximum absolute atomic E-state index is 12.5. The predicted octanol–water partition coefficient (Wildman–Crippen LogP) is 1.19. The number of aryl methyl sites for hydroxylation is 1. The highest BCUT2D eigenvalue weighted by atomic mass is 16.3. The van der Waals surface area contributed by atoms with Gasteiger partial charge in [-0.2, -0.15) is 0 Å². The number of hydrogen-bond acceptors (Lipinski definition) is 4. The van der Waals surface area contributed by atoms with E-state index in [-0.39, 0.29) is 5.91 Å². The molecule has 2 N–H and O–H groups in total. The van der Waals surface area contributed by atoms with E-state index in [1.165, 1.54) is 0 Å². The molecule has 2 rings (SSSR count). The third-order valence-corrected chi connectivity index (χ3v) is 3.93. The van der Waals surface area contributed by atoms with Crippen molar-refractivity contribution in [2.45, 2.75) is 20.3 Å². The van der Waals surface area contributed by atoms with Crippen LogP contribution in [0.2, 0.25) is 0 Å². The average molecular weight is 279 g/mol. The number of piperazine rings is 1. The molecular formula is C15H25N3O2. The van der Waals surface area contributed by atoms with Crippen LogP contribution in [0, 0.1) is 5.92 Å². The van der Waals surface area contributed by atoms with Crippen molar-refractivity contribution in [1.29, 1.82) is 0 Å². The van der Waals surface area contributed by atoms with Crippen LogP contribution in [-0.4, -0.2) is 55.0 Å². The zero-order chi connectivity index (χ0) is 14.5. The van der Waals surface area contributed by atoms with E-state index in [1.807, 2.05) is 11.8 Å². The number of carbonyl (C=O) groups excluding carboxylic acids is 1. The minimum absolute atomic E-state index is 0.0992. The van der Waals surface area contributed by atoms with Crippen molar-refractivity contribution in [3.05, 3.63) is 23.7 Å². The average Bonchev–Trinajstić information content (AvgIpc) is 2.95. The van der Waals surface area contributed by atoms with Gasteiger partial charge >= 0.3 is 0 Å². The van der Waals surface area contributed by atoms with Crippen molar-refractivity contribution in [2.24, 2.45) is 11.7 Å². The highest BCUT2D eigenvalue weighted by Gasteiger charge is 2.24. The van der Waals surface area contributed by atoms with Gasteiger partial charge in [-0.15, -0.1) is 0 Å². The first-order valence-corrected chi connectivity index (χ1v) is 7.43. The molecule has 0 aliphatic carbocycles. The van der Waals surface area contributed by atoms with Crippen molar-refractivity contribution >= 4 is 5.91 Å². The normalized spacial score (nSPS) is 18.2. The molecule has 0 aromatic carbocycles. The number of nitrogens with two attached hydrogens (primary N) is 1. The molecule has 5 nitrogen and oxygen atoms in total. The Morgan fingerprint density at radius 2 is 2.10 bits per heavy atom. The van der Waals surface area contributed by atoms with E-state index in [0.29, 0.717) is 12.5 Å². The Kier molecular flexibility index (Phi) is 5.20. The Hall–Kier alpha value is -1.33. The van der Waals surface area contributed by atoms with Crippen LogP contribution < -0.4 is 5.73 Å². The molecule has 112 valence electrons. The number of furan rings is 1. The van der Waals surface area contributed by atoms with Gasteiger partial charge in [-0.1, -0.05) is 13.8 Å². The first kappa shape index (κ1) is 15.1. The summed E-state index contributed by atoms with van der Waals surface area (Å²) in [4.78, 5) is 16.8. The second kappa shape index (κ2) is 6.90. The summed E-state index contributed by atoms with van der Waals surface area (Å²) in [5.74, 6) is 1.40.